The zero-order chi connectivity index (χ0) is 15.0. The average molecular weight is 281 g/mol. The molecule has 0 aromatic heterocycles. The number of likely N-dealkylation sites (N-methyl/N-ethyl adjacent to an activating group) is 1. The van der Waals surface area contributed by atoms with Gasteiger partial charge in [0, 0.05) is 19.2 Å². The summed E-state index contributed by atoms with van der Waals surface area (Å²) in [6, 6.07) is 4.64. The Morgan fingerprint density at radius 1 is 1.35 bits per heavy atom. The summed E-state index contributed by atoms with van der Waals surface area (Å²) in [4.78, 5) is 21.7. The second-order valence-corrected chi connectivity index (χ2v) is 4.08. The minimum Gasteiger partial charge on any atom is -0.477 e. The first-order valence-electron chi connectivity index (χ1n) is 6.46. The molecule has 7 nitrogen and oxygen atoms in total. The predicted molar refractivity (Wildman–Crippen MR) is 74.7 cm³/mol. The molecule has 20 heavy (non-hydrogen) atoms. The molecular weight excluding hydrogens is 262 g/mol. The number of benzene rings is 1. The molecule has 0 aliphatic heterocycles. The van der Waals surface area contributed by atoms with Gasteiger partial charge in [-0.25, -0.2) is 0 Å². The number of nitrogens with zero attached hydrogens (tertiary/aromatic N) is 1. The van der Waals surface area contributed by atoms with Crippen LogP contribution in [0.1, 0.15) is 19.4 Å². The van der Waals surface area contributed by atoms with Crippen LogP contribution in [-0.2, 0) is 11.3 Å². The van der Waals surface area contributed by atoms with Crippen LogP contribution in [0.25, 0.3) is 0 Å². The van der Waals surface area contributed by atoms with Gasteiger partial charge in [0.05, 0.1) is 4.92 Å². The molecule has 7 heteroatoms. The molecule has 1 aromatic carbocycles. The maximum Gasteiger partial charge on any atom is 0.310 e. The van der Waals surface area contributed by atoms with Crippen molar-refractivity contribution < 1.29 is 14.5 Å². The van der Waals surface area contributed by atoms with Crippen LogP contribution in [0.5, 0.6) is 5.75 Å². The molecule has 110 valence electrons. The van der Waals surface area contributed by atoms with Crippen molar-refractivity contribution in [2.75, 3.05) is 19.7 Å². The number of hydrogen-bond donors (Lipinski definition) is 2. The lowest BCUT2D eigenvalue weighted by molar-refractivity contribution is -0.385. The van der Waals surface area contributed by atoms with E-state index in [0.29, 0.717) is 13.1 Å². The molecule has 0 aliphatic carbocycles. The van der Waals surface area contributed by atoms with Crippen molar-refractivity contribution in [3.63, 3.8) is 0 Å². The van der Waals surface area contributed by atoms with Gasteiger partial charge in [-0.15, -0.1) is 0 Å². The van der Waals surface area contributed by atoms with E-state index in [1.807, 2.05) is 6.92 Å². The minimum atomic E-state index is -0.524. The van der Waals surface area contributed by atoms with Crippen molar-refractivity contribution in [2.24, 2.45) is 0 Å². The Morgan fingerprint density at radius 2 is 2.10 bits per heavy atom. The smallest absolute Gasteiger partial charge is 0.310 e. The van der Waals surface area contributed by atoms with Crippen LogP contribution in [-0.4, -0.2) is 30.5 Å². The summed E-state index contributed by atoms with van der Waals surface area (Å²) < 4.78 is 5.25. The molecule has 1 rings (SSSR count). The first kappa shape index (κ1) is 15.9. The van der Waals surface area contributed by atoms with Gasteiger partial charge < -0.3 is 15.4 Å². The van der Waals surface area contributed by atoms with E-state index < -0.39 is 4.92 Å². The highest BCUT2D eigenvalue weighted by molar-refractivity contribution is 5.77. The summed E-state index contributed by atoms with van der Waals surface area (Å²) in [5.41, 5.74) is 0.720. The molecular formula is C13H19N3O4. The highest BCUT2D eigenvalue weighted by Crippen LogP contribution is 2.27. The number of amides is 1. The van der Waals surface area contributed by atoms with E-state index in [1.165, 1.54) is 6.07 Å². The number of carbonyl (C=O) groups excluding carboxylic acids is 1. The summed E-state index contributed by atoms with van der Waals surface area (Å²) in [5, 5.41) is 16.6. The van der Waals surface area contributed by atoms with Gasteiger partial charge in [-0.3, -0.25) is 14.9 Å². The van der Waals surface area contributed by atoms with Gasteiger partial charge in [0.15, 0.2) is 12.4 Å². The molecule has 0 atom stereocenters. The molecule has 0 saturated heterocycles. The first-order chi connectivity index (χ1) is 9.58. The molecule has 1 amide bonds. The van der Waals surface area contributed by atoms with E-state index in [-0.39, 0.29) is 24.0 Å². The number of carbonyl (C=O) groups is 1. The molecule has 0 heterocycles. The summed E-state index contributed by atoms with van der Waals surface area (Å²) >= 11 is 0. The molecule has 0 aliphatic rings. The van der Waals surface area contributed by atoms with Crippen LogP contribution in [0.15, 0.2) is 18.2 Å². The Labute approximate surface area is 117 Å². The quantitative estimate of drug-likeness (QED) is 0.552. The standard InChI is InChI=1S/C13H19N3O4/c1-3-14-8-10-5-6-11(16(18)19)12(7-10)20-9-13(17)15-4-2/h5-7,14H,3-4,8-9H2,1-2H3,(H,15,17). The van der Waals surface area contributed by atoms with Gasteiger partial charge in [0.25, 0.3) is 5.91 Å². The summed E-state index contributed by atoms with van der Waals surface area (Å²) in [6.07, 6.45) is 0. The fraction of sp³-hybridized carbons (Fsp3) is 0.462. The first-order valence-corrected chi connectivity index (χ1v) is 6.46. The Bertz CT molecular complexity index is 477. The molecule has 0 bridgehead atoms. The molecule has 0 unspecified atom stereocenters. The number of nitro benzene ring substituents is 1. The average Bonchev–Trinajstić information content (AvgIpc) is 2.43. The van der Waals surface area contributed by atoms with Gasteiger partial charge in [0.2, 0.25) is 0 Å². The third kappa shape index (κ3) is 4.85. The SMILES string of the molecule is CCNCc1ccc([N+](=O)[O-])c(OCC(=O)NCC)c1. The van der Waals surface area contributed by atoms with Gasteiger partial charge in [-0.1, -0.05) is 13.0 Å². The van der Waals surface area contributed by atoms with Crippen molar-refractivity contribution in [2.45, 2.75) is 20.4 Å². The fourth-order valence-electron chi connectivity index (χ4n) is 1.60. The Balaban J connectivity index is 2.82. The Kier molecular flexibility index (Phi) is 6.45. The monoisotopic (exact) mass is 281 g/mol. The van der Waals surface area contributed by atoms with Crippen molar-refractivity contribution in [3.8, 4) is 5.75 Å². The maximum absolute atomic E-state index is 11.3. The van der Waals surface area contributed by atoms with Gasteiger partial charge in [-0.2, -0.15) is 0 Å². The second-order valence-electron chi connectivity index (χ2n) is 4.08. The van der Waals surface area contributed by atoms with Crippen molar-refractivity contribution in [1.29, 1.82) is 0 Å². The fourth-order valence-corrected chi connectivity index (χ4v) is 1.60. The van der Waals surface area contributed by atoms with Crippen LogP contribution in [0.2, 0.25) is 0 Å². The zero-order valence-corrected chi connectivity index (χ0v) is 11.6. The Hall–Kier alpha value is -2.15. The predicted octanol–water partition coefficient (Wildman–Crippen LogP) is 1.22. The lowest BCUT2D eigenvalue weighted by Crippen LogP contribution is -2.28. The molecule has 0 fully saturated rings. The van der Waals surface area contributed by atoms with Crippen LogP contribution < -0.4 is 15.4 Å². The van der Waals surface area contributed by atoms with E-state index in [9.17, 15) is 14.9 Å². The highest BCUT2D eigenvalue weighted by Gasteiger charge is 2.16. The summed E-state index contributed by atoms with van der Waals surface area (Å²) in [7, 11) is 0. The van der Waals surface area contributed by atoms with Crippen molar-refractivity contribution >= 4 is 11.6 Å². The third-order valence-electron chi connectivity index (χ3n) is 2.53. The Morgan fingerprint density at radius 3 is 2.70 bits per heavy atom. The lowest BCUT2D eigenvalue weighted by atomic mass is 10.2. The van der Waals surface area contributed by atoms with Crippen molar-refractivity contribution in [3.05, 3.63) is 33.9 Å². The topological polar surface area (TPSA) is 93.5 Å². The minimum absolute atomic E-state index is 0.108. The van der Waals surface area contributed by atoms with Crippen LogP contribution >= 0.6 is 0 Å². The van der Waals surface area contributed by atoms with Gasteiger partial charge in [-0.05, 0) is 25.1 Å². The number of nitrogens with one attached hydrogen (secondary N) is 2. The van der Waals surface area contributed by atoms with Gasteiger partial charge >= 0.3 is 5.69 Å². The van der Waals surface area contributed by atoms with Crippen LogP contribution in [0.3, 0.4) is 0 Å². The number of rotatable bonds is 8. The normalized spacial score (nSPS) is 10.1. The lowest BCUT2D eigenvalue weighted by Gasteiger charge is -2.09. The maximum atomic E-state index is 11.3. The largest absolute Gasteiger partial charge is 0.477 e. The van der Waals surface area contributed by atoms with E-state index >= 15 is 0 Å². The number of ether oxygens (including phenoxy) is 1. The number of hydrogen-bond acceptors (Lipinski definition) is 5. The molecule has 0 saturated carbocycles. The van der Waals surface area contributed by atoms with E-state index in [4.69, 9.17) is 4.74 Å². The third-order valence-corrected chi connectivity index (χ3v) is 2.53. The second kappa shape index (κ2) is 8.11. The van der Waals surface area contributed by atoms with Crippen LogP contribution in [0.4, 0.5) is 5.69 Å². The summed E-state index contributed by atoms with van der Waals surface area (Å²) in [6.45, 7) is 5.40. The molecule has 0 spiro atoms. The van der Waals surface area contributed by atoms with Crippen molar-refractivity contribution in [1.82, 2.24) is 10.6 Å². The number of nitro groups is 1. The highest BCUT2D eigenvalue weighted by atomic mass is 16.6. The van der Waals surface area contributed by atoms with E-state index in [2.05, 4.69) is 10.6 Å². The van der Waals surface area contributed by atoms with Gasteiger partial charge in [0.1, 0.15) is 0 Å². The van der Waals surface area contributed by atoms with E-state index in [1.54, 1.807) is 19.1 Å². The summed E-state index contributed by atoms with van der Waals surface area (Å²) in [5.74, 6) is -0.199. The van der Waals surface area contributed by atoms with E-state index in [0.717, 1.165) is 12.1 Å². The molecule has 1 aromatic rings. The molecule has 0 radical (unpaired) electrons. The van der Waals surface area contributed by atoms with Crippen LogP contribution in [0, 0.1) is 10.1 Å². The molecule has 2 N–H and O–H groups in total. The zero-order valence-electron chi connectivity index (χ0n) is 11.6.